The Kier molecular flexibility index (Phi) is 3.92. The van der Waals surface area contributed by atoms with Crippen molar-refractivity contribution in [2.45, 2.75) is 24.7 Å². The monoisotopic (exact) mass is 269 g/mol. The molecule has 1 fully saturated rings. The van der Waals surface area contributed by atoms with Gasteiger partial charge in [-0.2, -0.15) is 0 Å². The molecule has 1 heterocycles. The molecule has 2 N–H and O–H groups in total. The zero-order valence-electron chi connectivity index (χ0n) is 10.6. The smallest absolute Gasteiger partial charge is 0.178 e. The van der Waals surface area contributed by atoms with Crippen LogP contribution in [0.5, 0.6) is 0 Å². The summed E-state index contributed by atoms with van der Waals surface area (Å²) in [4.78, 5) is 0.406. The molecule has 0 spiro atoms. The molecule has 0 unspecified atom stereocenters. The number of aryl methyl sites for hydroxylation is 1. The Morgan fingerprint density at radius 3 is 2.61 bits per heavy atom. The van der Waals surface area contributed by atoms with Crippen molar-refractivity contribution < 1.29 is 13.2 Å². The van der Waals surface area contributed by atoms with E-state index in [1.165, 1.54) is 0 Å². The SMILES string of the molecule is Cc1cc(N)ccc1S(=O)(=O)CC1CCOCC1. The standard InChI is InChI=1S/C13H19NO3S/c1-10-8-12(14)2-3-13(10)18(15,16)9-11-4-6-17-7-5-11/h2-3,8,11H,4-7,9,14H2,1H3. The highest BCUT2D eigenvalue weighted by atomic mass is 32.2. The van der Waals surface area contributed by atoms with Gasteiger partial charge in [-0.1, -0.05) is 0 Å². The lowest BCUT2D eigenvalue weighted by Crippen LogP contribution is -2.24. The van der Waals surface area contributed by atoms with E-state index in [9.17, 15) is 8.42 Å². The van der Waals surface area contributed by atoms with E-state index in [4.69, 9.17) is 10.5 Å². The van der Waals surface area contributed by atoms with Crippen LogP contribution in [0.25, 0.3) is 0 Å². The summed E-state index contributed by atoms with van der Waals surface area (Å²) in [6.07, 6.45) is 1.65. The molecule has 1 aromatic rings. The van der Waals surface area contributed by atoms with E-state index in [1.54, 1.807) is 25.1 Å². The van der Waals surface area contributed by atoms with Gasteiger partial charge in [-0.15, -0.1) is 0 Å². The maximum atomic E-state index is 12.4. The van der Waals surface area contributed by atoms with Crippen LogP contribution in [0.2, 0.25) is 0 Å². The van der Waals surface area contributed by atoms with Crippen molar-refractivity contribution in [1.82, 2.24) is 0 Å². The lowest BCUT2D eigenvalue weighted by atomic mass is 10.0. The molecule has 0 atom stereocenters. The second-order valence-electron chi connectivity index (χ2n) is 4.86. The Labute approximate surface area is 108 Å². The molecule has 1 aliphatic heterocycles. The molecule has 1 aromatic carbocycles. The third kappa shape index (κ3) is 3.03. The first kappa shape index (κ1) is 13.4. The van der Waals surface area contributed by atoms with Gasteiger partial charge in [0, 0.05) is 18.9 Å². The highest BCUT2D eigenvalue weighted by molar-refractivity contribution is 7.91. The highest BCUT2D eigenvalue weighted by Gasteiger charge is 2.24. The normalized spacial score (nSPS) is 17.8. The number of hydrogen-bond acceptors (Lipinski definition) is 4. The molecule has 4 nitrogen and oxygen atoms in total. The Morgan fingerprint density at radius 1 is 1.33 bits per heavy atom. The Hall–Kier alpha value is -1.07. The van der Waals surface area contributed by atoms with Crippen LogP contribution in [0.4, 0.5) is 5.69 Å². The van der Waals surface area contributed by atoms with Crippen LogP contribution in [0.1, 0.15) is 18.4 Å². The van der Waals surface area contributed by atoms with Crippen LogP contribution >= 0.6 is 0 Å². The number of hydrogen-bond donors (Lipinski definition) is 1. The summed E-state index contributed by atoms with van der Waals surface area (Å²) in [5.41, 5.74) is 6.96. The van der Waals surface area contributed by atoms with E-state index >= 15 is 0 Å². The number of anilines is 1. The molecule has 18 heavy (non-hydrogen) atoms. The predicted molar refractivity (Wildman–Crippen MR) is 71.2 cm³/mol. The second kappa shape index (κ2) is 5.28. The van der Waals surface area contributed by atoms with E-state index in [0.717, 1.165) is 18.4 Å². The van der Waals surface area contributed by atoms with Gasteiger partial charge in [0.05, 0.1) is 10.6 Å². The minimum atomic E-state index is -3.22. The van der Waals surface area contributed by atoms with Gasteiger partial charge >= 0.3 is 0 Å². The summed E-state index contributed by atoms with van der Waals surface area (Å²) in [5.74, 6) is 0.418. The number of rotatable bonds is 3. The van der Waals surface area contributed by atoms with E-state index in [1.807, 2.05) is 0 Å². The molecule has 2 rings (SSSR count). The fraction of sp³-hybridized carbons (Fsp3) is 0.538. The van der Waals surface area contributed by atoms with Crippen molar-refractivity contribution in [2.75, 3.05) is 24.7 Å². The lowest BCUT2D eigenvalue weighted by molar-refractivity contribution is 0.0723. The van der Waals surface area contributed by atoms with Crippen LogP contribution in [0, 0.1) is 12.8 Å². The minimum absolute atomic E-state index is 0.209. The van der Waals surface area contributed by atoms with Gasteiger partial charge in [0.1, 0.15) is 0 Å². The third-order valence-electron chi connectivity index (χ3n) is 3.33. The second-order valence-corrected chi connectivity index (χ2v) is 6.86. The molecule has 0 radical (unpaired) electrons. The number of nitrogen functional groups attached to an aromatic ring is 1. The first-order valence-electron chi connectivity index (χ1n) is 6.15. The number of benzene rings is 1. The molecule has 100 valence electrons. The van der Waals surface area contributed by atoms with Gasteiger partial charge in [-0.25, -0.2) is 8.42 Å². The minimum Gasteiger partial charge on any atom is -0.399 e. The van der Waals surface area contributed by atoms with Crippen molar-refractivity contribution in [2.24, 2.45) is 5.92 Å². The number of sulfone groups is 1. The van der Waals surface area contributed by atoms with Gasteiger partial charge in [0.15, 0.2) is 9.84 Å². The first-order valence-corrected chi connectivity index (χ1v) is 7.81. The number of nitrogens with two attached hydrogens (primary N) is 1. The molecule has 5 heteroatoms. The zero-order chi connectivity index (χ0) is 13.2. The average molecular weight is 269 g/mol. The van der Waals surface area contributed by atoms with Crippen molar-refractivity contribution in [3.05, 3.63) is 23.8 Å². The van der Waals surface area contributed by atoms with E-state index in [0.29, 0.717) is 23.8 Å². The quantitative estimate of drug-likeness (QED) is 0.849. The van der Waals surface area contributed by atoms with Gasteiger partial charge in [0.25, 0.3) is 0 Å². The van der Waals surface area contributed by atoms with Crippen molar-refractivity contribution >= 4 is 15.5 Å². The topological polar surface area (TPSA) is 69.4 Å². The van der Waals surface area contributed by atoms with E-state index in [-0.39, 0.29) is 11.7 Å². The third-order valence-corrected chi connectivity index (χ3v) is 5.37. The molecule has 0 aliphatic carbocycles. The summed E-state index contributed by atoms with van der Waals surface area (Å²) in [5, 5.41) is 0. The molecule has 1 saturated heterocycles. The van der Waals surface area contributed by atoms with Crippen molar-refractivity contribution in [3.63, 3.8) is 0 Å². The number of ether oxygens (including phenoxy) is 1. The maximum absolute atomic E-state index is 12.4. The van der Waals surface area contributed by atoms with Gasteiger partial charge in [0.2, 0.25) is 0 Å². The zero-order valence-corrected chi connectivity index (χ0v) is 11.4. The van der Waals surface area contributed by atoms with Crippen LogP contribution in [0.15, 0.2) is 23.1 Å². The largest absolute Gasteiger partial charge is 0.399 e. The Morgan fingerprint density at radius 2 is 2.00 bits per heavy atom. The Bertz CT molecular complexity index is 519. The molecule has 0 amide bonds. The summed E-state index contributed by atoms with van der Waals surface area (Å²) in [6, 6.07) is 4.96. The summed E-state index contributed by atoms with van der Waals surface area (Å²) in [7, 11) is -3.22. The molecular formula is C13H19NO3S. The van der Waals surface area contributed by atoms with Gasteiger partial charge < -0.3 is 10.5 Å². The van der Waals surface area contributed by atoms with Crippen LogP contribution in [-0.4, -0.2) is 27.4 Å². The van der Waals surface area contributed by atoms with Gasteiger partial charge in [-0.05, 0) is 49.4 Å². The molecule has 0 bridgehead atoms. The molecular weight excluding hydrogens is 250 g/mol. The highest BCUT2D eigenvalue weighted by Crippen LogP contribution is 2.24. The average Bonchev–Trinajstić information content (AvgIpc) is 2.29. The summed E-state index contributed by atoms with van der Waals surface area (Å²) < 4.78 is 29.9. The Balaban J connectivity index is 2.19. The maximum Gasteiger partial charge on any atom is 0.178 e. The first-order chi connectivity index (χ1) is 8.49. The fourth-order valence-corrected chi connectivity index (χ4v) is 4.29. The fourth-order valence-electron chi connectivity index (χ4n) is 2.33. The molecule has 1 aliphatic rings. The lowest BCUT2D eigenvalue weighted by Gasteiger charge is -2.22. The van der Waals surface area contributed by atoms with Gasteiger partial charge in [-0.3, -0.25) is 0 Å². The van der Waals surface area contributed by atoms with Crippen LogP contribution in [-0.2, 0) is 14.6 Å². The summed E-state index contributed by atoms with van der Waals surface area (Å²) >= 11 is 0. The van der Waals surface area contributed by atoms with Crippen LogP contribution in [0.3, 0.4) is 0 Å². The molecule has 0 saturated carbocycles. The van der Waals surface area contributed by atoms with Crippen molar-refractivity contribution in [1.29, 1.82) is 0 Å². The van der Waals surface area contributed by atoms with Crippen molar-refractivity contribution in [3.8, 4) is 0 Å². The summed E-state index contributed by atoms with van der Waals surface area (Å²) in [6.45, 7) is 3.12. The van der Waals surface area contributed by atoms with Crippen LogP contribution < -0.4 is 5.73 Å². The predicted octanol–water partition coefficient (Wildman–Crippen LogP) is 1.78. The molecule has 0 aromatic heterocycles. The van der Waals surface area contributed by atoms with E-state index < -0.39 is 9.84 Å². The van der Waals surface area contributed by atoms with E-state index in [2.05, 4.69) is 0 Å².